The molecule has 3 aromatic carbocycles. The van der Waals surface area contributed by atoms with Gasteiger partial charge in [0, 0.05) is 6.07 Å². The van der Waals surface area contributed by atoms with E-state index in [1.165, 1.54) is 6.07 Å². The van der Waals surface area contributed by atoms with E-state index >= 15 is 0 Å². The summed E-state index contributed by atoms with van der Waals surface area (Å²) in [4.78, 5) is 21.5. The molecule has 0 aromatic heterocycles. The maximum atomic E-state index is 11.7. The molecule has 0 aliphatic carbocycles. The molecule has 38 heavy (non-hydrogen) atoms. The highest BCUT2D eigenvalue weighted by Gasteiger charge is 2.49. The molecule has 0 amide bonds. The highest BCUT2D eigenvalue weighted by atomic mass is 16.7. The maximum Gasteiger partial charge on any atom is 0.299 e. The lowest BCUT2D eigenvalue weighted by molar-refractivity contribution is -0.393. The summed E-state index contributed by atoms with van der Waals surface area (Å²) in [6, 6.07) is 21.4. The monoisotopic (exact) mass is 521 g/mol. The molecule has 3 aromatic rings. The van der Waals surface area contributed by atoms with Crippen molar-refractivity contribution in [1.82, 2.24) is 0 Å². The minimum atomic E-state index is -1.16. The first-order valence-electron chi connectivity index (χ1n) is 12.3. The smallest absolute Gasteiger partial charge is 0.299 e. The molecular formula is C27H27N3O8. The van der Waals surface area contributed by atoms with Crippen LogP contribution in [0.4, 0.5) is 17.1 Å². The molecule has 0 saturated carbocycles. The minimum absolute atomic E-state index is 0.00423. The van der Waals surface area contributed by atoms with Gasteiger partial charge in [-0.25, -0.2) is 0 Å². The van der Waals surface area contributed by atoms with Gasteiger partial charge < -0.3 is 24.6 Å². The number of non-ortho nitro benzene ring substituents is 1. The summed E-state index contributed by atoms with van der Waals surface area (Å²) in [7, 11) is 0. The molecule has 5 rings (SSSR count). The van der Waals surface area contributed by atoms with Gasteiger partial charge in [0.1, 0.15) is 23.9 Å². The Morgan fingerprint density at radius 2 is 1.63 bits per heavy atom. The van der Waals surface area contributed by atoms with Crippen molar-refractivity contribution in [3.8, 4) is 0 Å². The van der Waals surface area contributed by atoms with E-state index in [9.17, 15) is 25.3 Å². The Morgan fingerprint density at radius 3 is 2.32 bits per heavy atom. The molecule has 6 atom stereocenters. The van der Waals surface area contributed by atoms with Crippen LogP contribution in [0.1, 0.15) is 30.1 Å². The van der Waals surface area contributed by atoms with Crippen molar-refractivity contribution in [3.05, 3.63) is 110 Å². The second kappa shape index (κ2) is 11.2. The van der Waals surface area contributed by atoms with E-state index in [0.29, 0.717) is 12.8 Å². The topological polar surface area (TPSA) is 146 Å². The highest BCUT2D eigenvalue weighted by molar-refractivity contribution is 5.66. The highest BCUT2D eigenvalue weighted by Crippen LogP contribution is 2.40. The average Bonchev–Trinajstić information content (AvgIpc) is 2.94. The number of nitro benzene ring substituents is 2. The number of aliphatic hydroxyl groups excluding tert-OH is 1. The van der Waals surface area contributed by atoms with Crippen molar-refractivity contribution in [2.75, 3.05) is 5.32 Å². The van der Waals surface area contributed by atoms with Crippen molar-refractivity contribution in [1.29, 1.82) is 0 Å². The lowest BCUT2D eigenvalue weighted by Crippen LogP contribution is -2.62. The molecule has 0 spiro atoms. The largest absolute Gasteiger partial charge is 0.388 e. The molecule has 2 saturated heterocycles. The van der Waals surface area contributed by atoms with Gasteiger partial charge in [0.15, 0.2) is 6.29 Å². The van der Waals surface area contributed by atoms with Gasteiger partial charge in [0.25, 0.3) is 11.4 Å². The Labute approximate surface area is 218 Å². The third kappa shape index (κ3) is 5.50. The third-order valence-corrected chi connectivity index (χ3v) is 6.85. The number of nitro groups is 2. The number of fused-ring (bicyclic) bond motifs is 1. The summed E-state index contributed by atoms with van der Waals surface area (Å²) in [6.07, 6.45) is -2.23. The predicted molar refractivity (Wildman–Crippen MR) is 136 cm³/mol. The van der Waals surface area contributed by atoms with Crippen molar-refractivity contribution in [3.63, 3.8) is 0 Å². The second-order valence-electron chi connectivity index (χ2n) is 9.29. The molecule has 2 N–H and O–H groups in total. The van der Waals surface area contributed by atoms with E-state index in [0.717, 1.165) is 23.3 Å². The quantitative estimate of drug-likeness (QED) is 0.323. The van der Waals surface area contributed by atoms with Gasteiger partial charge in [0.2, 0.25) is 0 Å². The van der Waals surface area contributed by atoms with E-state index in [2.05, 4.69) is 5.32 Å². The Kier molecular flexibility index (Phi) is 7.61. The average molecular weight is 522 g/mol. The molecule has 0 bridgehead atoms. The maximum absolute atomic E-state index is 11.7. The fraction of sp³-hybridized carbons (Fsp3) is 0.333. The van der Waals surface area contributed by atoms with E-state index in [1.807, 2.05) is 60.7 Å². The zero-order chi connectivity index (χ0) is 26.6. The number of ether oxygens (including phenoxy) is 3. The summed E-state index contributed by atoms with van der Waals surface area (Å²) in [5.74, 6) is 0. The lowest BCUT2D eigenvalue weighted by Gasteiger charge is -2.48. The predicted octanol–water partition coefficient (Wildman–Crippen LogP) is 4.51. The summed E-state index contributed by atoms with van der Waals surface area (Å²) >= 11 is 0. The molecule has 2 aliphatic heterocycles. The van der Waals surface area contributed by atoms with Crippen LogP contribution in [0.25, 0.3) is 0 Å². The van der Waals surface area contributed by atoms with Crippen LogP contribution in [0.15, 0.2) is 78.9 Å². The Hall–Kier alpha value is -3.90. The first-order valence-corrected chi connectivity index (χ1v) is 12.3. The van der Waals surface area contributed by atoms with Gasteiger partial charge in [-0.1, -0.05) is 60.7 Å². The number of nitrogens with zero attached hydrogens (tertiary/aromatic N) is 2. The van der Waals surface area contributed by atoms with Crippen LogP contribution < -0.4 is 5.32 Å². The van der Waals surface area contributed by atoms with Gasteiger partial charge in [-0.2, -0.15) is 0 Å². The third-order valence-electron chi connectivity index (χ3n) is 6.85. The first kappa shape index (κ1) is 25.7. The normalized spacial score (nSPS) is 26.8. The van der Waals surface area contributed by atoms with Gasteiger partial charge in [-0.15, -0.1) is 0 Å². The summed E-state index contributed by atoms with van der Waals surface area (Å²) in [6.45, 7) is 0.184. The molecule has 2 fully saturated rings. The van der Waals surface area contributed by atoms with Crippen LogP contribution in [0, 0.1) is 20.2 Å². The van der Waals surface area contributed by atoms with Crippen LogP contribution in [0.5, 0.6) is 0 Å². The van der Waals surface area contributed by atoms with Gasteiger partial charge in [-0.05, 0) is 30.0 Å². The van der Waals surface area contributed by atoms with E-state index in [1.54, 1.807) is 0 Å². The molecule has 11 heteroatoms. The number of anilines is 1. The molecule has 0 radical (unpaired) electrons. The van der Waals surface area contributed by atoms with Crippen LogP contribution in [-0.2, 0) is 20.8 Å². The fourth-order valence-electron chi connectivity index (χ4n) is 4.94. The fourth-order valence-corrected chi connectivity index (χ4v) is 4.94. The Balaban J connectivity index is 1.42. The number of benzene rings is 3. The van der Waals surface area contributed by atoms with Crippen LogP contribution in [0.2, 0.25) is 0 Å². The van der Waals surface area contributed by atoms with Gasteiger partial charge in [0.05, 0.1) is 34.7 Å². The number of aliphatic hydroxyl groups is 1. The SMILES string of the molecule is O=[N+]([O-])c1ccc(N[C@@H]2[C@H](OCc3ccccc3)O[C@@H]3CC[C@H](c4ccccc4)O[C@H]3[C@H]2O)c([N+](=O)[O-])c1. The van der Waals surface area contributed by atoms with Crippen LogP contribution >= 0.6 is 0 Å². The molecule has 198 valence electrons. The van der Waals surface area contributed by atoms with Crippen molar-refractivity contribution < 1.29 is 29.2 Å². The van der Waals surface area contributed by atoms with E-state index in [-0.39, 0.29) is 18.4 Å². The standard InChI is InChI=1S/C27H27N3O8/c31-25-24(28-20-12-11-19(29(32)33)15-21(20)30(34)35)27(36-16-17-7-3-1-4-8-17)38-23-14-13-22(37-26(23)25)18-9-5-2-6-10-18/h1-12,15,22-28,31H,13-14,16H2/t22-,23-,24+,25+,26-,27-/m1/s1. The van der Waals surface area contributed by atoms with Crippen molar-refractivity contribution >= 4 is 17.1 Å². The molecular weight excluding hydrogens is 494 g/mol. The van der Waals surface area contributed by atoms with E-state index in [4.69, 9.17) is 14.2 Å². The number of rotatable bonds is 8. The molecule has 2 aliphatic rings. The summed E-state index contributed by atoms with van der Waals surface area (Å²) < 4.78 is 18.6. The summed E-state index contributed by atoms with van der Waals surface area (Å²) in [5, 5.41) is 37.4. The van der Waals surface area contributed by atoms with Gasteiger partial charge in [-0.3, -0.25) is 20.2 Å². The van der Waals surface area contributed by atoms with Gasteiger partial charge >= 0.3 is 0 Å². The summed E-state index contributed by atoms with van der Waals surface area (Å²) in [5.41, 5.74) is 0.950. The minimum Gasteiger partial charge on any atom is -0.388 e. The molecule has 0 unspecified atom stereocenters. The number of hydrogen-bond acceptors (Lipinski definition) is 9. The lowest BCUT2D eigenvalue weighted by atomic mass is 9.88. The zero-order valence-electron chi connectivity index (χ0n) is 20.3. The Morgan fingerprint density at radius 1 is 0.921 bits per heavy atom. The number of hydrogen-bond donors (Lipinski definition) is 2. The molecule has 2 heterocycles. The zero-order valence-corrected chi connectivity index (χ0v) is 20.3. The van der Waals surface area contributed by atoms with Crippen molar-refractivity contribution in [2.45, 2.75) is 56.2 Å². The number of nitrogens with one attached hydrogen (secondary N) is 1. The Bertz CT molecular complexity index is 1280. The second-order valence-corrected chi connectivity index (χ2v) is 9.29. The first-order chi connectivity index (χ1) is 18.4. The van der Waals surface area contributed by atoms with Crippen LogP contribution in [-0.4, -0.2) is 45.6 Å². The van der Waals surface area contributed by atoms with Crippen molar-refractivity contribution in [2.24, 2.45) is 0 Å². The molecule has 11 nitrogen and oxygen atoms in total. The van der Waals surface area contributed by atoms with E-state index < -0.39 is 51.9 Å². The van der Waals surface area contributed by atoms with Crippen LogP contribution in [0.3, 0.4) is 0 Å².